The second-order valence-corrected chi connectivity index (χ2v) is 9.59. The highest BCUT2D eigenvalue weighted by Gasteiger charge is 2.23. The van der Waals surface area contributed by atoms with Gasteiger partial charge in [0, 0.05) is 11.1 Å². The molecule has 0 amide bonds. The van der Waals surface area contributed by atoms with Crippen LogP contribution < -0.4 is 21.4 Å². The summed E-state index contributed by atoms with van der Waals surface area (Å²) in [7, 11) is 0. The number of rotatable bonds is 3. The Morgan fingerprint density at radius 3 is 1.85 bits per heavy atom. The number of para-hydroxylation sites is 2. The zero-order valence-electron chi connectivity index (χ0n) is 23.3. The van der Waals surface area contributed by atoms with Gasteiger partial charge in [-0.2, -0.15) is 10.5 Å². The molecule has 210 valence electrons. The molecule has 2 aliphatic heterocycles. The van der Waals surface area contributed by atoms with Gasteiger partial charge in [-0.05, 0) is 43.3 Å². The van der Waals surface area contributed by atoms with Crippen molar-refractivity contribution in [1.29, 1.82) is 15.8 Å². The average molecular weight is 594 g/mol. The highest BCUT2D eigenvalue weighted by Crippen LogP contribution is 2.28. The third-order valence-corrected chi connectivity index (χ3v) is 6.95. The first-order valence-electron chi connectivity index (χ1n) is 13.2. The number of hydrogen-bond acceptors (Lipinski definition) is 12. The van der Waals surface area contributed by atoms with Crippen LogP contribution >= 0.6 is 0 Å². The lowest BCUT2D eigenvalue weighted by molar-refractivity contribution is 0.612. The smallest absolute Gasteiger partial charge is 0.305 e. The summed E-state index contributed by atoms with van der Waals surface area (Å²) < 4.78 is 5.95. The fraction of sp³-hybridized carbons (Fsp3) is 0.0312. The zero-order chi connectivity index (χ0) is 31.9. The van der Waals surface area contributed by atoms with Crippen LogP contribution in [-0.4, -0.2) is 19.9 Å². The van der Waals surface area contributed by atoms with Crippen LogP contribution in [0.4, 0.5) is 0 Å². The van der Waals surface area contributed by atoms with Gasteiger partial charge in [0.15, 0.2) is 28.9 Å². The van der Waals surface area contributed by atoms with Gasteiger partial charge < -0.3 is 4.42 Å². The number of oxazole rings is 1. The van der Waals surface area contributed by atoms with E-state index < -0.39 is 0 Å². The number of hydrogen-bond donors (Lipinski definition) is 0. The molecule has 2 aromatic heterocycles. The Labute approximate surface area is 257 Å². The summed E-state index contributed by atoms with van der Waals surface area (Å²) in [5.74, 6) is 0.302. The Balaban J connectivity index is 1.51. The van der Waals surface area contributed by atoms with Crippen molar-refractivity contribution in [2.24, 2.45) is 20.0 Å². The van der Waals surface area contributed by atoms with Crippen LogP contribution in [0.15, 0.2) is 96.0 Å². The van der Waals surface area contributed by atoms with Crippen LogP contribution in [0, 0.1) is 47.1 Å². The monoisotopic (exact) mass is 593 g/mol. The largest absolute Gasteiger partial charge is 0.434 e. The molecule has 0 atom stereocenters. The summed E-state index contributed by atoms with van der Waals surface area (Å²) >= 11 is 0. The molecule has 0 fully saturated rings. The van der Waals surface area contributed by atoms with Gasteiger partial charge in [-0.1, -0.05) is 12.1 Å². The normalized spacial score (nSPS) is 14.4. The molecule has 14 heteroatoms. The number of nitrogens with zero attached hydrogens (tertiary/aromatic N) is 13. The molecule has 4 heterocycles. The van der Waals surface area contributed by atoms with Crippen molar-refractivity contribution < 1.29 is 4.42 Å². The van der Waals surface area contributed by atoms with Gasteiger partial charge in [0.25, 0.3) is 5.89 Å². The molecule has 0 saturated heterocycles. The maximum absolute atomic E-state index is 10.2. The zero-order valence-corrected chi connectivity index (χ0v) is 23.3. The molecule has 7 rings (SSSR count). The van der Waals surface area contributed by atoms with E-state index in [9.17, 15) is 15.8 Å². The first-order chi connectivity index (χ1) is 22.5. The Kier molecular flexibility index (Phi) is 6.20. The molecule has 0 unspecified atom stereocenters. The van der Waals surface area contributed by atoms with Gasteiger partial charge >= 0.3 is 5.70 Å². The summed E-state index contributed by atoms with van der Waals surface area (Å²) in [5, 5.41) is 30.9. The summed E-state index contributed by atoms with van der Waals surface area (Å²) in [6, 6.07) is 19.6. The molecule has 46 heavy (non-hydrogen) atoms. The number of aromatic nitrogens is 4. The number of allylic oxidation sites excluding steroid dienone is 2. The van der Waals surface area contributed by atoms with Gasteiger partial charge in [0.1, 0.15) is 28.4 Å². The highest BCUT2D eigenvalue weighted by molar-refractivity contribution is 5.76. The molecule has 0 saturated carbocycles. The maximum Gasteiger partial charge on any atom is 0.305 e. The van der Waals surface area contributed by atoms with Crippen LogP contribution in [0.1, 0.15) is 18.1 Å². The van der Waals surface area contributed by atoms with Crippen molar-refractivity contribution in [2.45, 2.75) is 6.92 Å². The lowest BCUT2D eigenvalue weighted by Gasteiger charge is -2.08. The maximum atomic E-state index is 10.2. The van der Waals surface area contributed by atoms with E-state index in [1.807, 2.05) is 6.07 Å². The lowest BCUT2D eigenvalue weighted by atomic mass is 10.0. The van der Waals surface area contributed by atoms with Crippen molar-refractivity contribution >= 4 is 11.1 Å². The summed E-state index contributed by atoms with van der Waals surface area (Å²) in [6.07, 6.45) is 0. The van der Waals surface area contributed by atoms with Crippen molar-refractivity contribution in [2.75, 3.05) is 0 Å². The molecular formula is C32H11N13O. The van der Waals surface area contributed by atoms with Gasteiger partial charge in [-0.15, -0.1) is 0 Å². The summed E-state index contributed by atoms with van der Waals surface area (Å²) in [4.78, 5) is 42.3. The van der Waals surface area contributed by atoms with Crippen molar-refractivity contribution in [3.05, 3.63) is 127 Å². The fourth-order valence-electron chi connectivity index (χ4n) is 4.78. The van der Waals surface area contributed by atoms with Crippen molar-refractivity contribution in [1.82, 2.24) is 19.9 Å². The lowest BCUT2D eigenvalue weighted by Crippen LogP contribution is -2.26. The Hall–Kier alpha value is -7.73. The second-order valence-electron chi connectivity index (χ2n) is 9.59. The highest BCUT2D eigenvalue weighted by atomic mass is 16.3. The molecule has 2 aliphatic rings. The Morgan fingerprint density at radius 1 is 0.696 bits per heavy atom. The van der Waals surface area contributed by atoms with Gasteiger partial charge in [0.2, 0.25) is 11.5 Å². The molecule has 0 bridgehead atoms. The fourth-order valence-corrected chi connectivity index (χ4v) is 4.78. The first-order valence-corrected chi connectivity index (χ1v) is 13.2. The van der Waals surface area contributed by atoms with E-state index in [4.69, 9.17) is 17.6 Å². The predicted octanol–water partition coefficient (Wildman–Crippen LogP) is 2.98. The van der Waals surface area contributed by atoms with Crippen LogP contribution in [-0.2, 0) is 0 Å². The van der Waals surface area contributed by atoms with Crippen LogP contribution in [0.5, 0.6) is 0 Å². The molecule has 5 aromatic rings. The topological polar surface area (TPSA) is 194 Å². The van der Waals surface area contributed by atoms with Gasteiger partial charge in [0.05, 0.1) is 41.1 Å². The summed E-state index contributed by atoms with van der Waals surface area (Å²) in [6.45, 7) is 16.1. The van der Waals surface area contributed by atoms with E-state index in [-0.39, 0.29) is 73.8 Å². The number of fused-ring (bicyclic) bond motifs is 3. The quantitative estimate of drug-likeness (QED) is 0.225. The van der Waals surface area contributed by atoms with E-state index >= 15 is 0 Å². The average Bonchev–Trinajstić information content (AvgIpc) is 3.84. The second kappa shape index (κ2) is 10.5. The SMILES string of the molecule is [C-]#[N+]/C(C)=C1/N=c2ccc(-c3nc(-c4nc5ccccc5o4)nc(-c4ccc5c(c4C#N)=N/C(=C(\C#N)[N+]#[C-])N=5)n3)c(C#N)c2=N1. The minimum absolute atomic E-state index is 0.0259. The first kappa shape index (κ1) is 27.1. The minimum atomic E-state index is -0.315. The van der Waals surface area contributed by atoms with Gasteiger partial charge in [-0.25, -0.2) is 54.9 Å². The van der Waals surface area contributed by atoms with Gasteiger partial charge in [-0.3, -0.25) is 0 Å². The van der Waals surface area contributed by atoms with Crippen LogP contribution in [0.2, 0.25) is 0 Å². The van der Waals surface area contributed by atoms with E-state index in [1.54, 1.807) is 55.5 Å². The van der Waals surface area contributed by atoms with E-state index in [0.29, 0.717) is 27.4 Å². The number of nitriles is 3. The Morgan fingerprint density at radius 2 is 1.28 bits per heavy atom. The van der Waals surface area contributed by atoms with Crippen molar-refractivity contribution in [3.63, 3.8) is 0 Å². The predicted molar refractivity (Wildman–Crippen MR) is 156 cm³/mol. The van der Waals surface area contributed by atoms with Crippen molar-refractivity contribution in [3.8, 4) is 52.7 Å². The van der Waals surface area contributed by atoms with Crippen LogP contribution in [0.3, 0.4) is 0 Å². The standard InChI is InChI=1S/C32H11N13O/c1-15(36-2)27-38-21-10-8-16(18(12-33)25(21)41-27)28-43-29(45-31(44-28)32-40-20-6-4-5-7-24(20)46-32)17-9-11-22-26(19(17)13-34)42-30(39-22)23(14-35)37-3/h4-11H,1H3/b27-15-,30-23+. The molecule has 0 radical (unpaired) electrons. The van der Waals surface area contributed by atoms with Crippen LogP contribution in [0.25, 0.3) is 55.3 Å². The Bertz CT molecular complexity index is 2720. The molecule has 3 aromatic carbocycles. The molecular weight excluding hydrogens is 582 g/mol. The third kappa shape index (κ3) is 4.23. The number of benzene rings is 3. The van der Waals surface area contributed by atoms with E-state index in [1.165, 1.54) is 0 Å². The van der Waals surface area contributed by atoms with E-state index in [2.05, 4.69) is 61.7 Å². The summed E-state index contributed by atoms with van der Waals surface area (Å²) in [5.41, 5.74) is 1.73. The third-order valence-electron chi connectivity index (χ3n) is 6.95. The molecule has 0 N–H and O–H groups in total. The van der Waals surface area contributed by atoms with E-state index in [0.717, 1.165) is 0 Å². The molecule has 0 aliphatic carbocycles. The molecule has 14 nitrogen and oxygen atoms in total. The minimum Gasteiger partial charge on any atom is -0.434 e. The molecule has 0 spiro atoms.